The van der Waals surface area contributed by atoms with Gasteiger partial charge in [-0.25, -0.2) is 0 Å². The van der Waals surface area contributed by atoms with Crippen molar-refractivity contribution in [1.82, 2.24) is 0 Å². The third-order valence-electron chi connectivity index (χ3n) is 1.80. The zero-order valence-electron chi connectivity index (χ0n) is 8.66. The Morgan fingerprint density at radius 2 is 2.20 bits per heavy atom. The normalized spacial score (nSPS) is 10.6. The molecule has 5 heteroatoms. The van der Waals surface area contributed by atoms with E-state index in [0.29, 0.717) is 18.1 Å². The number of ether oxygens (including phenoxy) is 2. The fraction of sp³-hybridized carbons (Fsp3) is 0.300. The van der Waals surface area contributed by atoms with Gasteiger partial charge in [-0.15, -0.1) is 0 Å². The van der Waals surface area contributed by atoms with E-state index in [1.807, 2.05) is 19.1 Å². The average Bonchev–Trinajstić information content (AvgIpc) is 2.22. The van der Waals surface area contributed by atoms with Gasteiger partial charge < -0.3 is 15.3 Å². The lowest BCUT2D eigenvalue weighted by Gasteiger charge is -2.10. The van der Waals surface area contributed by atoms with Gasteiger partial charge in [-0.1, -0.05) is 0 Å². The summed E-state index contributed by atoms with van der Waals surface area (Å²) in [4.78, 5) is 0. The molecule has 0 spiro atoms. The highest BCUT2D eigenvalue weighted by molar-refractivity contribution is 9.10. The predicted octanol–water partition coefficient (Wildman–Crippen LogP) is 2.15. The van der Waals surface area contributed by atoms with Gasteiger partial charge in [-0.2, -0.15) is 5.10 Å². The number of nitrogens with two attached hydrogens (primary N) is 1. The first kappa shape index (κ1) is 11.8. The molecule has 0 aliphatic heterocycles. The van der Waals surface area contributed by atoms with Crippen LogP contribution in [0.2, 0.25) is 0 Å². The summed E-state index contributed by atoms with van der Waals surface area (Å²) in [7, 11) is 1.59. The zero-order valence-corrected chi connectivity index (χ0v) is 10.2. The van der Waals surface area contributed by atoms with Gasteiger partial charge in [0.15, 0.2) is 11.5 Å². The molecule has 0 atom stereocenters. The average molecular weight is 273 g/mol. The third kappa shape index (κ3) is 2.86. The fourth-order valence-corrected chi connectivity index (χ4v) is 1.58. The van der Waals surface area contributed by atoms with E-state index < -0.39 is 0 Å². The zero-order chi connectivity index (χ0) is 11.3. The lowest BCUT2D eigenvalue weighted by Crippen LogP contribution is -1.97. The van der Waals surface area contributed by atoms with Crippen molar-refractivity contribution in [2.45, 2.75) is 6.92 Å². The first-order valence-corrected chi connectivity index (χ1v) is 5.25. The van der Waals surface area contributed by atoms with Gasteiger partial charge >= 0.3 is 0 Å². The SMILES string of the molecule is CCOc1cc(Br)c(C=NN)cc1OC. The molecule has 15 heavy (non-hydrogen) atoms. The largest absolute Gasteiger partial charge is 0.493 e. The second kappa shape index (κ2) is 5.60. The molecule has 0 aromatic heterocycles. The Labute approximate surface area is 97.2 Å². The Morgan fingerprint density at radius 3 is 2.73 bits per heavy atom. The van der Waals surface area contributed by atoms with Crippen LogP contribution in [-0.2, 0) is 0 Å². The summed E-state index contributed by atoms with van der Waals surface area (Å²) in [6.07, 6.45) is 1.54. The van der Waals surface area contributed by atoms with Crippen LogP contribution in [0.4, 0.5) is 0 Å². The van der Waals surface area contributed by atoms with Crippen LogP contribution in [0.3, 0.4) is 0 Å². The van der Waals surface area contributed by atoms with E-state index in [9.17, 15) is 0 Å². The monoisotopic (exact) mass is 272 g/mol. The molecule has 0 bridgehead atoms. The number of hydrogen-bond acceptors (Lipinski definition) is 4. The Bertz CT molecular complexity index is 367. The van der Waals surface area contributed by atoms with Crippen LogP contribution in [0, 0.1) is 0 Å². The fourth-order valence-electron chi connectivity index (χ4n) is 1.16. The number of hydrazone groups is 1. The number of nitrogens with zero attached hydrogens (tertiary/aromatic N) is 1. The Kier molecular flexibility index (Phi) is 4.42. The third-order valence-corrected chi connectivity index (χ3v) is 2.48. The second-order valence-corrected chi connectivity index (χ2v) is 3.59. The van der Waals surface area contributed by atoms with Crippen molar-refractivity contribution in [2.24, 2.45) is 10.9 Å². The molecule has 0 aliphatic rings. The molecule has 0 aliphatic carbocycles. The molecular weight excluding hydrogens is 260 g/mol. The minimum Gasteiger partial charge on any atom is -0.493 e. The molecule has 1 aromatic rings. The highest BCUT2D eigenvalue weighted by atomic mass is 79.9. The first-order chi connectivity index (χ1) is 7.22. The highest BCUT2D eigenvalue weighted by Crippen LogP contribution is 2.32. The number of rotatable bonds is 4. The van der Waals surface area contributed by atoms with Crippen LogP contribution in [0.5, 0.6) is 11.5 Å². The van der Waals surface area contributed by atoms with E-state index in [-0.39, 0.29) is 0 Å². The lowest BCUT2D eigenvalue weighted by molar-refractivity contribution is 0.310. The van der Waals surface area contributed by atoms with Gasteiger partial charge in [0, 0.05) is 10.0 Å². The minimum atomic E-state index is 0.590. The number of benzene rings is 1. The minimum absolute atomic E-state index is 0.590. The molecule has 0 saturated carbocycles. The maximum atomic E-state index is 5.41. The molecule has 2 N–H and O–H groups in total. The van der Waals surface area contributed by atoms with Gasteiger partial charge in [0.2, 0.25) is 0 Å². The van der Waals surface area contributed by atoms with Crippen LogP contribution in [-0.4, -0.2) is 19.9 Å². The van der Waals surface area contributed by atoms with E-state index in [4.69, 9.17) is 15.3 Å². The van der Waals surface area contributed by atoms with Crippen LogP contribution in [0.15, 0.2) is 21.7 Å². The van der Waals surface area contributed by atoms with E-state index >= 15 is 0 Å². The maximum Gasteiger partial charge on any atom is 0.162 e. The molecule has 0 unspecified atom stereocenters. The number of halogens is 1. The summed E-state index contributed by atoms with van der Waals surface area (Å²) in [5, 5.41) is 3.47. The Balaban J connectivity index is 3.16. The van der Waals surface area contributed by atoms with Crippen molar-refractivity contribution in [3.8, 4) is 11.5 Å². The summed E-state index contributed by atoms with van der Waals surface area (Å²) < 4.78 is 11.5. The molecule has 82 valence electrons. The van der Waals surface area contributed by atoms with Gasteiger partial charge in [0.25, 0.3) is 0 Å². The summed E-state index contributed by atoms with van der Waals surface area (Å²) in [5.41, 5.74) is 0.845. The summed E-state index contributed by atoms with van der Waals surface area (Å²) in [6, 6.07) is 3.64. The van der Waals surface area contributed by atoms with Crippen molar-refractivity contribution < 1.29 is 9.47 Å². The van der Waals surface area contributed by atoms with Gasteiger partial charge in [-0.3, -0.25) is 0 Å². The number of hydrogen-bond donors (Lipinski definition) is 1. The van der Waals surface area contributed by atoms with Gasteiger partial charge in [0.05, 0.1) is 19.9 Å². The molecule has 4 nitrogen and oxygen atoms in total. The lowest BCUT2D eigenvalue weighted by atomic mass is 10.2. The second-order valence-electron chi connectivity index (χ2n) is 2.74. The van der Waals surface area contributed by atoms with Gasteiger partial charge in [0.1, 0.15) is 0 Å². The van der Waals surface area contributed by atoms with Crippen LogP contribution in [0.1, 0.15) is 12.5 Å². The standard InChI is InChI=1S/C10H13BrN2O2/c1-3-15-10-5-8(11)7(6-13-12)4-9(10)14-2/h4-6H,3,12H2,1-2H3. The molecule has 1 aromatic carbocycles. The van der Waals surface area contributed by atoms with Crippen molar-refractivity contribution in [1.29, 1.82) is 0 Å². The van der Waals surface area contributed by atoms with E-state index in [2.05, 4.69) is 21.0 Å². The topological polar surface area (TPSA) is 56.8 Å². The molecule has 0 fully saturated rings. The van der Waals surface area contributed by atoms with E-state index in [0.717, 1.165) is 10.0 Å². The molecule has 0 radical (unpaired) electrons. The van der Waals surface area contributed by atoms with Crippen LogP contribution >= 0.6 is 15.9 Å². The quantitative estimate of drug-likeness (QED) is 0.519. The van der Waals surface area contributed by atoms with Crippen LogP contribution in [0.25, 0.3) is 0 Å². The molecule has 0 heterocycles. The van der Waals surface area contributed by atoms with Crippen molar-refractivity contribution in [3.63, 3.8) is 0 Å². The molecule has 0 saturated heterocycles. The van der Waals surface area contributed by atoms with E-state index in [1.54, 1.807) is 13.3 Å². The molecule has 1 rings (SSSR count). The van der Waals surface area contributed by atoms with Gasteiger partial charge in [-0.05, 0) is 35.0 Å². The summed E-state index contributed by atoms with van der Waals surface area (Å²) in [5.74, 6) is 6.45. The predicted molar refractivity (Wildman–Crippen MR) is 63.6 cm³/mol. The van der Waals surface area contributed by atoms with Crippen molar-refractivity contribution in [2.75, 3.05) is 13.7 Å². The van der Waals surface area contributed by atoms with Crippen LogP contribution < -0.4 is 15.3 Å². The smallest absolute Gasteiger partial charge is 0.162 e. The molecular formula is C10H13BrN2O2. The summed E-state index contributed by atoms with van der Waals surface area (Å²) in [6.45, 7) is 2.51. The van der Waals surface area contributed by atoms with E-state index in [1.165, 1.54) is 0 Å². The highest BCUT2D eigenvalue weighted by Gasteiger charge is 2.08. The Morgan fingerprint density at radius 1 is 1.47 bits per heavy atom. The summed E-state index contributed by atoms with van der Waals surface area (Å²) >= 11 is 3.40. The number of methoxy groups -OCH3 is 1. The first-order valence-electron chi connectivity index (χ1n) is 4.46. The van der Waals surface area contributed by atoms with Crippen molar-refractivity contribution >= 4 is 22.1 Å². The molecule has 0 amide bonds. The van der Waals surface area contributed by atoms with Crippen molar-refractivity contribution in [3.05, 3.63) is 22.2 Å². The maximum absolute atomic E-state index is 5.41. The Hall–Kier alpha value is -1.23.